The summed E-state index contributed by atoms with van der Waals surface area (Å²) in [6, 6.07) is 15.6. The monoisotopic (exact) mass is 495 g/mol. The molecule has 37 heavy (non-hydrogen) atoms. The van der Waals surface area contributed by atoms with E-state index in [4.69, 9.17) is 4.74 Å². The largest absolute Gasteiger partial charge is 0.493 e. The van der Waals surface area contributed by atoms with E-state index in [0.717, 1.165) is 11.4 Å². The number of imide groups is 1. The fourth-order valence-corrected chi connectivity index (χ4v) is 4.30. The normalized spacial score (nSPS) is 12.5. The minimum atomic E-state index is -0.345. The lowest BCUT2D eigenvalue weighted by Gasteiger charge is -2.16. The third kappa shape index (κ3) is 4.71. The third-order valence-corrected chi connectivity index (χ3v) is 6.14. The average Bonchev–Trinajstić information content (AvgIpc) is 3.45. The molecule has 0 unspecified atom stereocenters. The maximum absolute atomic E-state index is 13.2. The molecular formula is C28H25N5O4. The first-order valence-corrected chi connectivity index (χ1v) is 11.9. The van der Waals surface area contributed by atoms with Crippen molar-refractivity contribution in [2.75, 3.05) is 6.61 Å². The predicted octanol–water partition coefficient (Wildman–Crippen LogP) is 3.70. The molecular weight excluding hydrogens is 470 g/mol. The second-order valence-corrected chi connectivity index (χ2v) is 8.55. The fourth-order valence-electron chi connectivity index (χ4n) is 4.30. The number of benzene rings is 2. The van der Waals surface area contributed by atoms with Crippen LogP contribution in [0.5, 0.6) is 5.75 Å². The number of carbonyl (C=O) groups is 3. The number of aryl methyl sites for hydroxylation is 1. The van der Waals surface area contributed by atoms with Gasteiger partial charge in [-0.3, -0.25) is 23.9 Å². The SMILES string of the molecule is CCOc1ccc(CN2C(=O)c3ccccc3C2=O)cc1C(=O)NCc1ccnc(-n2ccnc2C)c1. The molecule has 0 aliphatic carbocycles. The molecule has 2 aromatic heterocycles. The van der Waals surface area contributed by atoms with Crippen molar-refractivity contribution < 1.29 is 19.1 Å². The summed E-state index contributed by atoms with van der Waals surface area (Å²) in [5.41, 5.74) is 2.62. The number of fused-ring (bicyclic) bond motifs is 1. The molecule has 4 aromatic rings. The lowest BCUT2D eigenvalue weighted by Crippen LogP contribution is -2.29. The highest BCUT2D eigenvalue weighted by Gasteiger charge is 2.35. The van der Waals surface area contributed by atoms with Gasteiger partial charge in [-0.1, -0.05) is 18.2 Å². The standard InChI is InChI=1S/C28H25N5O4/c1-3-37-24-9-8-20(17-33-27(35)21-6-4-5-7-22(21)28(33)36)14-23(24)26(34)31-16-19-10-11-30-25(15-19)32-13-12-29-18(32)2/h4-15H,3,16-17H2,1-2H3,(H,31,34). The number of aromatic nitrogens is 3. The van der Waals surface area contributed by atoms with E-state index < -0.39 is 0 Å². The van der Waals surface area contributed by atoms with Crippen molar-refractivity contribution >= 4 is 17.7 Å². The van der Waals surface area contributed by atoms with Crippen LogP contribution in [0.2, 0.25) is 0 Å². The van der Waals surface area contributed by atoms with Gasteiger partial charge >= 0.3 is 0 Å². The highest BCUT2D eigenvalue weighted by atomic mass is 16.5. The zero-order chi connectivity index (χ0) is 25.9. The van der Waals surface area contributed by atoms with Crippen LogP contribution in [0.3, 0.4) is 0 Å². The number of amides is 3. The van der Waals surface area contributed by atoms with E-state index in [1.807, 2.05) is 36.7 Å². The molecule has 5 rings (SSSR count). The summed E-state index contributed by atoms with van der Waals surface area (Å²) in [7, 11) is 0. The molecule has 0 spiro atoms. The first-order chi connectivity index (χ1) is 18.0. The van der Waals surface area contributed by atoms with Crippen LogP contribution in [-0.4, -0.2) is 43.8 Å². The summed E-state index contributed by atoms with van der Waals surface area (Å²) < 4.78 is 7.54. The minimum Gasteiger partial charge on any atom is -0.493 e. The Bertz CT molecular complexity index is 1470. The van der Waals surface area contributed by atoms with Crippen LogP contribution in [0.25, 0.3) is 5.82 Å². The third-order valence-electron chi connectivity index (χ3n) is 6.14. The maximum atomic E-state index is 13.2. The first kappa shape index (κ1) is 23.9. The predicted molar refractivity (Wildman–Crippen MR) is 136 cm³/mol. The number of hydrogen-bond acceptors (Lipinski definition) is 6. The summed E-state index contributed by atoms with van der Waals surface area (Å²) >= 11 is 0. The Morgan fingerprint density at radius 1 is 0.946 bits per heavy atom. The van der Waals surface area contributed by atoms with Gasteiger partial charge in [-0.2, -0.15) is 0 Å². The van der Waals surface area contributed by atoms with E-state index in [9.17, 15) is 14.4 Å². The molecule has 1 N–H and O–H groups in total. The second kappa shape index (κ2) is 10.1. The van der Waals surface area contributed by atoms with Gasteiger partial charge in [0.25, 0.3) is 17.7 Å². The molecule has 186 valence electrons. The van der Waals surface area contributed by atoms with Crippen molar-refractivity contribution in [2.24, 2.45) is 0 Å². The van der Waals surface area contributed by atoms with Gasteiger partial charge in [-0.25, -0.2) is 9.97 Å². The highest BCUT2D eigenvalue weighted by molar-refractivity contribution is 6.21. The Morgan fingerprint density at radius 2 is 1.70 bits per heavy atom. The number of pyridine rings is 1. The van der Waals surface area contributed by atoms with Crippen LogP contribution in [0.1, 0.15) is 54.9 Å². The van der Waals surface area contributed by atoms with Crippen LogP contribution >= 0.6 is 0 Å². The molecule has 3 amide bonds. The minimum absolute atomic E-state index is 0.0526. The van der Waals surface area contributed by atoms with E-state index in [-0.39, 0.29) is 30.8 Å². The Labute approximate surface area is 213 Å². The van der Waals surface area contributed by atoms with Crippen molar-refractivity contribution in [1.82, 2.24) is 24.8 Å². The molecule has 1 aliphatic rings. The van der Waals surface area contributed by atoms with Gasteiger partial charge in [0.05, 0.1) is 29.8 Å². The zero-order valence-corrected chi connectivity index (χ0v) is 20.5. The number of nitrogens with zero attached hydrogens (tertiary/aromatic N) is 4. The fraction of sp³-hybridized carbons (Fsp3) is 0.179. The lowest BCUT2D eigenvalue weighted by atomic mass is 10.1. The Balaban J connectivity index is 1.34. The molecule has 9 heteroatoms. The van der Waals surface area contributed by atoms with E-state index in [2.05, 4.69) is 15.3 Å². The molecule has 1 aliphatic heterocycles. The topological polar surface area (TPSA) is 106 Å². The molecule has 9 nitrogen and oxygen atoms in total. The van der Waals surface area contributed by atoms with Crippen LogP contribution in [-0.2, 0) is 13.1 Å². The Hall–Kier alpha value is -4.79. The van der Waals surface area contributed by atoms with Crippen LogP contribution in [0.15, 0.2) is 73.2 Å². The van der Waals surface area contributed by atoms with Crippen molar-refractivity contribution in [3.63, 3.8) is 0 Å². The number of imidazole rings is 1. The van der Waals surface area contributed by atoms with Gasteiger partial charge in [0.1, 0.15) is 17.4 Å². The van der Waals surface area contributed by atoms with Crippen molar-refractivity contribution in [3.8, 4) is 11.6 Å². The van der Waals surface area contributed by atoms with Crippen molar-refractivity contribution in [2.45, 2.75) is 26.9 Å². The molecule has 0 bridgehead atoms. The van der Waals surface area contributed by atoms with Gasteiger partial charge in [-0.15, -0.1) is 0 Å². The van der Waals surface area contributed by atoms with Gasteiger partial charge < -0.3 is 10.1 Å². The van der Waals surface area contributed by atoms with Crippen LogP contribution in [0, 0.1) is 6.92 Å². The molecule has 0 fully saturated rings. The summed E-state index contributed by atoms with van der Waals surface area (Å²) in [6.45, 7) is 4.44. The first-order valence-electron chi connectivity index (χ1n) is 11.9. The number of ether oxygens (including phenoxy) is 1. The van der Waals surface area contributed by atoms with E-state index in [1.165, 1.54) is 4.90 Å². The quantitative estimate of drug-likeness (QED) is 0.374. The number of rotatable bonds is 8. The molecule has 0 saturated heterocycles. The van der Waals surface area contributed by atoms with Crippen LogP contribution < -0.4 is 10.1 Å². The number of hydrogen-bond donors (Lipinski definition) is 1. The van der Waals surface area contributed by atoms with E-state index in [1.54, 1.807) is 54.9 Å². The number of carbonyl (C=O) groups excluding carboxylic acids is 3. The lowest BCUT2D eigenvalue weighted by molar-refractivity contribution is 0.0642. The van der Waals surface area contributed by atoms with Gasteiger partial charge in [0.2, 0.25) is 0 Å². The summed E-state index contributed by atoms with van der Waals surface area (Å²) in [5, 5.41) is 2.93. The van der Waals surface area contributed by atoms with Crippen molar-refractivity contribution in [1.29, 1.82) is 0 Å². The Kier molecular flexibility index (Phi) is 6.51. The van der Waals surface area contributed by atoms with Gasteiger partial charge in [-0.05, 0) is 61.4 Å². The summed E-state index contributed by atoms with van der Waals surface area (Å²) in [5.74, 6) is 0.925. The number of nitrogens with one attached hydrogen (secondary N) is 1. The molecule has 0 saturated carbocycles. The summed E-state index contributed by atoms with van der Waals surface area (Å²) in [6.07, 6.45) is 5.22. The molecule has 2 aromatic carbocycles. The second-order valence-electron chi connectivity index (χ2n) is 8.55. The van der Waals surface area contributed by atoms with E-state index in [0.29, 0.717) is 40.4 Å². The highest BCUT2D eigenvalue weighted by Crippen LogP contribution is 2.26. The molecule has 0 atom stereocenters. The van der Waals surface area contributed by atoms with Gasteiger partial charge in [0.15, 0.2) is 0 Å². The summed E-state index contributed by atoms with van der Waals surface area (Å²) in [4.78, 5) is 48.6. The zero-order valence-electron chi connectivity index (χ0n) is 20.5. The molecule has 3 heterocycles. The van der Waals surface area contributed by atoms with Gasteiger partial charge in [0, 0.05) is 25.1 Å². The Morgan fingerprint density at radius 3 is 2.38 bits per heavy atom. The van der Waals surface area contributed by atoms with E-state index >= 15 is 0 Å². The molecule has 0 radical (unpaired) electrons. The smallest absolute Gasteiger partial charge is 0.261 e. The maximum Gasteiger partial charge on any atom is 0.261 e. The van der Waals surface area contributed by atoms with Crippen molar-refractivity contribution in [3.05, 3.63) is 107 Å². The van der Waals surface area contributed by atoms with Crippen LogP contribution in [0.4, 0.5) is 0 Å². The average molecular weight is 496 g/mol.